The van der Waals surface area contributed by atoms with Crippen LogP contribution in [0.25, 0.3) is 0 Å². The number of nitrogens with one attached hydrogen (secondary N) is 1. The molecule has 2 rings (SSSR count). The molecule has 2 aromatic heterocycles. The molecule has 0 aliphatic heterocycles. The standard InChI is InChI=1S/C13H19N3S/c1-5-16-11(4)13(10(3)15-16)9(2)14-12-6-7-17-8-12/h6-9,14H,5H2,1-4H3. The maximum absolute atomic E-state index is 4.56. The van der Waals surface area contributed by atoms with Crippen molar-refractivity contribution in [2.24, 2.45) is 0 Å². The van der Waals surface area contributed by atoms with Gasteiger partial charge in [-0.25, -0.2) is 0 Å². The molecule has 0 amide bonds. The molecule has 0 aromatic carbocycles. The van der Waals surface area contributed by atoms with Gasteiger partial charge in [-0.15, -0.1) is 0 Å². The number of thiophene rings is 1. The van der Waals surface area contributed by atoms with Crippen molar-refractivity contribution in [2.45, 2.75) is 40.3 Å². The first-order valence-corrected chi connectivity index (χ1v) is 6.90. The van der Waals surface area contributed by atoms with Crippen LogP contribution in [0.1, 0.15) is 36.8 Å². The molecule has 4 heteroatoms. The fraction of sp³-hybridized carbons (Fsp3) is 0.462. The van der Waals surface area contributed by atoms with Crippen molar-refractivity contribution in [1.29, 1.82) is 0 Å². The Morgan fingerprint density at radius 2 is 2.24 bits per heavy atom. The predicted molar refractivity (Wildman–Crippen MR) is 73.7 cm³/mol. The molecule has 1 N–H and O–H groups in total. The van der Waals surface area contributed by atoms with E-state index in [0.29, 0.717) is 6.04 Å². The first-order chi connectivity index (χ1) is 8.13. The topological polar surface area (TPSA) is 29.9 Å². The van der Waals surface area contributed by atoms with Crippen molar-refractivity contribution >= 4 is 17.0 Å². The second-order valence-corrected chi connectivity index (χ2v) is 5.06. The van der Waals surface area contributed by atoms with E-state index < -0.39 is 0 Å². The minimum Gasteiger partial charge on any atom is -0.378 e. The van der Waals surface area contributed by atoms with Crippen LogP contribution in [0.5, 0.6) is 0 Å². The van der Waals surface area contributed by atoms with Gasteiger partial charge in [-0.3, -0.25) is 4.68 Å². The van der Waals surface area contributed by atoms with E-state index in [0.717, 1.165) is 12.2 Å². The van der Waals surface area contributed by atoms with Gasteiger partial charge >= 0.3 is 0 Å². The van der Waals surface area contributed by atoms with E-state index >= 15 is 0 Å². The summed E-state index contributed by atoms with van der Waals surface area (Å²) in [5, 5.41) is 12.3. The van der Waals surface area contributed by atoms with E-state index in [1.54, 1.807) is 11.3 Å². The molecule has 3 nitrogen and oxygen atoms in total. The number of rotatable bonds is 4. The van der Waals surface area contributed by atoms with Gasteiger partial charge < -0.3 is 5.32 Å². The first-order valence-electron chi connectivity index (χ1n) is 5.96. The molecule has 0 radical (unpaired) electrons. The Balaban J connectivity index is 2.24. The van der Waals surface area contributed by atoms with Gasteiger partial charge in [0.1, 0.15) is 0 Å². The van der Waals surface area contributed by atoms with Crippen LogP contribution in [0.2, 0.25) is 0 Å². The largest absolute Gasteiger partial charge is 0.378 e. The number of anilines is 1. The molecule has 0 fully saturated rings. The summed E-state index contributed by atoms with van der Waals surface area (Å²) in [5.74, 6) is 0. The first kappa shape index (κ1) is 12.2. The smallest absolute Gasteiger partial charge is 0.0649 e. The Kier molecular flexibility index (Phi) is 3.52. The summed E-state index contributed by atoms with van der Waals surface area (Å²) in [5.41, 5.74) is 4.89. The molecule has 0 bridgehead atoms. The summed E-state index contributed by atoms with van der Waals surface area (Å²) in [6.07, 6.45) is 0. The molecule has 0 spiro atoms. The highest BCUT2D eigenvalue weighted by Crippen LogP contribution is 2.25. The quantitative estimate of drug-likeness (QED) is 0.894. The van der Waals surface area contributed by atoms with E-state index in [1.165, 1.54) is 16.9 Å². The van der Waals surface area contributed by atoms with Gasteiger partial charge in [0.25, 0.3) is 0 Å². The van der Waals surface area contributed by atoms with Gasteiger partial charge in [-0.1, -0.05) is 0 Å². The number of aryl methyl sites for hydroxylation is 2. The van der Waals surface area contributed by atoms with Gasteiger partial charge in [-0.05, 0) is 39.1 Å². The Hall–Kier alpha value is -1.29. The average molecular weight is 249 g/mol. The predicted octanol–water partition coefficient (Wildman–Crippen LogP) is 3.75. The van der Waals surface area contributed by atoms with Crippen molar-refractivity contribution < 1.29 is 0 Å². The lowest BCUT2D eigenvalue weighted by Gasteiger charge is -2.15. The molecule has 0 saturated heterocycles. The highest BCUT2D eigenvalue weighted by molar-refractivity contribution is 7.08. The third kappa shape index (κ3) is 2.36. The van der Waals surface area contributed by atoms with E-state index in [9.17, 15) is 0 Å². The SMILES string of the molecule is CCn1nc(C)c(C(C)Nc2ccsc2)c1C. The molecule has 17 heavy (non-hydrogen) atoms. The maximum Gasteiger partial charge on any atom is 0.0649 e. The highest BCUT2D eigenvalue weighted by atomic mass is 32.1. The van der Waals surface area contributed by atoms with Gasteiger partial charge in [0.15, 0.2) is 0 Å². The monoisotopic (exact) mass is 249 g/mol. The summed E-state index contributed by atoms with van der Waals surface area (Å²) >= 11 is 1.71. The second kappa shape index (κ2) is 4.92. The Bertz CT molecular complexity index is 485. The zero-order valence-corrected chi connectivity index (χ0v) is 11.6. The lowest BCUT2D eigenvalue weighted by atomic mass is 10.1. The normalized spacial score (nSPS) is 12.7. The average Bonchev–Trinajstić information content (AvgIpc) is 2.87. The van der Waals surface area contributed by atoms with Crippen LogP contribution in [0.3, 0.4) is 0 Å². The lowest BCUT2D eigenvalue weighted by Crippen LogP contribution is -2.08. The molecule has 1 atom stereocenters. The van der Waals surface area contributed by atoms with Crippen LogP contribution in [0, 0.1) is 13.8 Å². The minimum absolute atomic E-state index is 0.296. The third-order valence-electron chi connectivity index (χ3n) is 3.07. The van der Waals surface area contributed by atoms with E-state index in [4.69, 9.17) is 0 Å². The summed E-state index contributed by atoms with van der Waals surface area (Å²) in [6, 6.07) is 2.40. The zero-order chi connectivity index (χ0) is 12.4. The van der Waals surface area contributed by atoms with Gasteiger partial charge in [-0.2, -0.15) is 16.4 Å². The van der Waals surface area contributed by atoms with Gasteiger partial charge in [0.05, 0.1) is 11.7 Å². The summed E-state index contributed by atoms with van der Waals surface area (Å²) in [7, 11) is 0. The molecule has 92 valence electrons. The molecule has 0 aliphatic rings. The molecule has 2 aromatic rings. The van der Waals surface area contributed by atoms with Crippen molar-refractivity contribution in [3.63, 3.8) is 0 Å². The van der Waals surface area contributed by atoms with E-state index in [1.807, 2.05) is 0 Å². The van der Waals surface area contributed by atoms with Gasteiger partial charge in [0, 0.05) is 28.9 Å². The van der Waals surface area contributed by atoms with Crippen molar-refractivity contribution in [3.05, 3.63) is 33.8 Å². The highest BCUT2D eigenvalue weighted by Gasteiger charge is 2.16. The van der Waals surface area contributed by atoms with Gasteiger partial charge in [0.2, 0.25) is 0 Å². The molecule has 1 unspecified atom stereocenters. The Morgan fingerprint density at radius 1 is 1.47 bits per heavy atom. The second-order valence-electron chi connectivity index (χ2n) is 4.28. The number of aromatic nitrogens is 2. The van der Waals surface area contributed by atoms with Crippen molar-refractivity contribution in [2.75, 3.05) is 5.32 Å². The maximum atomic E-state index is 4.56. The van der Waals surface area contributed by atoms with Crippen LogP contribution in [-0.2, 0) is 6.54 Å². The number of nitrogens with zero attached hydrogens (tertiary/aromatic N) is 2. The zero-order valence-electron chi connectivity index (χ0n) is 10.8. The van der Waals surface area contributed by atoms with Crippen LogP contribution < -0.4 is 5.32 Å². The molecule has 0 aliphatic carbocycles. The lowest BCUT2D eigenvalue weighted by molar-refractivity contribution is 0.632. The van der Waals surface area contributed by atoms with Crippen LogP contribution >= 0.6 is 11.3 Å². The molecular formula is C13H19N3S. The van der Waals surface area contributed by atoms with Crippen molar-refractivity contribution in [1.82, 2.24) is 9.78 Å². The van der Waals surface area contributed by atoms with Crippen LogP contribution in [0.15, 0.2) is 16.8 Å². The summed E-state index contributed by atoms with van der Waals surface area (Å²) in [6.45, 7) is 9.47. The Morgan fingerprint density at radius 3 is 2.76 bits per heavy atom. The minimum atomic E-state index is 0.296. The van der Waals surface area contributed by atoms with E-state index in [-0.39, 0.29) is 0 Å². The number of hydrogen-bond donors (Lipinski definition) is 1. The molecular weight excluding hydrogens is 230 g/mol. The molecule has 0 saturated carbocycles. The molecule has 2 heterocycles. The fourth-order valence-electron chi connectivity index (χ4n) is 2.31. The van der Waals surface area contributed by atoms with Crippen LogP contribution in [-0.4, -0.2) is 9.78 Å². The Labute approximate surface area is 106 Å². The third-order valence-corrected chi connectivity index (χ3v) is 3.76. The van der Waals surface area contributed by atoms with Crippen molar-refractivity contribution in [3.8, 4) is 0 Å². The number of hydrogen-bond acceptors (Lipinski definition) is 3. The van der Waals surface area contributed by atoms with E-state index in [2.05, 4.69) is 59.6 Å². The summed E-state index contributed by atoms with van der Waals surface area (Å²) in [4.78, 5) is 0. The van der Waals surface area contributed by atoms with Crippen LogP contribution in [0.4, 0.5) is 5.69 Å². The summed E-state index contributed by atoms with van der Waals surface area (Å²) < 4.78 is 2.07. The fourth-order valence-corrected chi connectivity index (χ4v) is 2.91.